The third-order valence-electron chi connectivity index (χ3n) is 11.7. The van der Waals surface area contributed by atoms with Crippen LogP contribution in [0.1, 0.15) is 64.5 Å². The number of aliphatic hydroxyl groups excluding tert-OH is 1. The lowest BCUT2D eigenvalue weighted by molar-refractivity contribution is -0.179. The maximum Gasteiger partial charge on any atom is 0.329 e. The van der Waals surface area contributed by atoms with Gasteiger partial charge in [0.1, 0.15) is 35.8 Å². The quantitative estimate of drug-likeness (QED) is 0.0909. The van der Waals surface area contributed by atoms with Crippen LogP contribution in [0, 0.1) is 17.8 Å². The first kappa shape index (κ1) is 41.3. The molecule has 1 spiro atoms. The normalized spacial score (nSPS) is 23.0. The molecule has 14 nitrogen and oxygen atoms in total. The molecule has 3 heterocycles. The van der Waals surface area contributed by atoms with E-state index in [9.17, 15) is 29.4 Å². The molecule has 0 aromatic heterocycles. The number of urea groups is 2. The number of ether oxygens (including phenoxy) is 2. The van der Waals surface area contributed by atoms with E-state index in [0.717, 1.165) is 10.5 Å². The van der Waals surface area contributed by atoms with Crippen LogP contribution >= 0.6 is 0 Å². The number of cyclic esters (lactones) is 1. The average Bonchev–Trinajstić information content (AvgIpc) is 3.74. The van der Waals surface area contributed by atoms with Crippen LogP contribution in [0.2, 0.25) is 0 Å². The van der Waals surface area contributed by atoms with E-state index in [1.54, 1.807) is 48.2 Å². The fourth-order valence-corrected chi connectivity index (χ4v) is 9.26. The number of fused-ring (bicyclic) bond motifs is 3. The van der Waals surface area contributed by atoms with Crippen molar-refractivity contribution in [2.24, 2.45) is 11.7 Å². The van der Waals surface area contributed by atoms with Gasteiger partial charge in [0, 0.05) is 5.56 Å². The molecule has 2 saturated heterocycles. The molecule has 7 atom stereocenters. The number of aliphatic carboxylic acids is 1. The van der Waals surface area contributed by atoms with Crippen molar-refractivity contribution in [2.75, 3.05) is 24.7 Å². The minimum atomic E-state index is -2.20. The van der Waals surface area contributed by atoms with Crippen molar-refractivity contribution in [2.45, 2.75) is 42.6 Å². The maximum atomic E-state index is 16.1. The molecule has 314 valence electrons. The molecule has 2 fully saturated rings. The second-order valence-electron chi connectivity index (χ2n) is 15.2. The summed E-state index contributed by atoms with van der Waals surface area (Å²) in [6, 6.07) is 33.0. The first-order chi connectivity index (χ1) is 30.1. The van der Waals surface area contributed by atoms with Crippen molar-refractivity contribution in [1.29, 1.82) is 0 Å². The lowest BCUT2D eigenvalue weighted by Crippen LogP contribution is -2.54. The molecule has 0 saturated carbocycles. The number of benzene rings is 5. The summed E-state index contributed by atoms with van der Waals surface area (Å²) in [5.74, 6) is 1.06. The summed E-state index contributed by atoms with van der Waals surface area (Å²) < 4.78 is 12.2. The minimum Gasteiger partial charge on any atom is -0.491 e. The molecule has 0 unspecified atom stereocenters. The Bertz CT molecular complexity index is 2580. The Morgan fingerprint density at radius 3 is 2.18 bits per heavy atom. The monoisotopic (exact) mass is 833 g/mol. The van der Waals surface area contributed by atoms with E-state index in [1.807, 2.05) is 91.0 Å². The number of hydrogen-bond donors (Lipinski definition) is 5. The van der Waals surface area contributed by atoms with Gasteiger partial charge in [0.05, 0.1) is 37.0 Å². The molecular formula is C48H43N5O9. The summed E-state index contributed by atoms with van der Waals surface area (Å²) in [5, 5.41) is 26.6. The van der Waals surface area contributed by atoms with Gasteiger partial charge in [-0.25, -0.2) is 14.5 Å². The molecule has 0 bridgehead atoms. The number of anilines is 1. The van der Waals surface area contributed by atoms with Crippen molar-refractivity contribution in [3.8, 4) is 17.6 Å². The van der Waals surface area contributed by atoms with Gasteiger partial charge in [-0.3, -0.25) is 19.3 Å². The predicted octanol–water partition coefficient (Wildman–Crippen LogP) is 5.30. The Balaban J connectivity index is 1.41. The summed E-state index contributed by atoms with van der Waals surface area (Å²) in [4.78, 5) is 74.0. The summed E-state index contributed by atoms with van der Waals surface area (Å²) in [6.45, 7) is 1.32. The van der Waals surface area contributed by atoms with Crippen LogP contribution in [0.25, 0.3) is 0 Å². The molecule has 3 aliphatic heterocycles. The molecule has 62 heavy (non-hydrogen) atoms. The number of imide groups is 1. The van der Waals surface area contributed by atoms with E-state index in [4.69, 9.17) is 15.2 Å². The van der Waals surface area contributed by atoms with Gasteiger partial charge in [0.15, 0.2) is 0 Å². The lowest BCUT2D eigenvalue weighted by atomic mass is 9.65. The van der Waals surface area contributed by atoms with Crippen molar-refractivity contribution in [3.63, 3.8) is 0 Å². The number of morpholine rings is 1. The number of carbonyl (C=O) groups excluding carboxylic acids is 4. The van der Waals surface area contributed by atoms with Gasteiger partial charge in [0.25, 0.3) is 0 Å². The van der Waals surface area contributed by atoms with Crippen molar-refractivity contribution < 1.29 is 43.7 Å². The van der Waals surface area contributed by atoms with Crippen LogP contribution in [0.3, 0.4) is 0 Å². The lowest BCUT2D eigenvalue weighted by Gasteiger charge is -2.46. The number of aliphatic hydroxyl groups is 1. The standard InChI is InChI=1S/C48H43N5O9/c1-29(31-14-5-2-6-15-31)51-47(60)52-37-23-22-30(13-12-24-50-46(49)59)27-36(37)48(45(52)58)38(43(55)56)40-44(57)62-41(33-18-9-4-10-19-33)39(32-16-7-3-8-17-32)53(40)42(48)34-20-11-21-35(28-34)61-26-25-54/h2-11,14-23,27-29,38-42,54H,24-26H2,1H3,(H,51,60)(H,55,56)(H3,49,50,59)/t29-,38-,39-,40-,41+,42+,48-/m1/s1. The highest BCUT2D eigenvalue weighted by atomic mass is 16.6. The number of nitrogens with one attached hydrogen (secondary N) is 2. The molecule has 0 aliphatic carbocycles. The van der Waals surface area contributed by atoms with Gasteiger partial charge in [0.2, 0.25) is 5.91 Å². The van der Waals surface area contributed by atoms with Crippen LogP contribution in [0.4, 0.5) is 15.3 Å². The molecule has 8 rings (SSSR count). The van der Waals surface area contributed by atoms with Crippen molar-refractivity contribution >= 4 is 35.6 Å². The molecule has 5 aromatic rings. The van der Waals surface area contributed by atoms with Crippen LogP contribution in [0.15, 0.2) is 133 Å². The minimum absolute atomic E-state index is 0.0552. The topological polar surface area (TPSA) is 201 Å². The molecule has 0 radical (unpaired) electrons. The van der Waals surface area contributed by atoms with Gasteiger partial charge in [-0.15, -0.1) is 0 Å². The molecule has 5 aromatic carbocycles. The van der Waals surface area contributed by atoms with E-state index in [2.05, 4.69) is 22.5 Å². The highest BCUT2D eigenvalue weighted by Gasteiger charge is 2.76. The Hall–Kier alpha value is -7.47. The number of carboxylic acids is 1. The van der Waals surface area contributed by atoms with Gasteiger partial charge >= 0.3 is 24.0 Å². The molecule has 5 amide bonds. The third-order valence-corrected chi connectivity index (χ3v) is 11.7. The largest absolute Gasteiger partial charge is 0.491 e. The Morgan fingerprint density at radius 2 is 1.52 bits per heavy atom. The van der Waals surface area contributed by atoms with Gasteiger partial charge in [-0.1, -0.05) is 115 Å². The van der Waals surface area contributed by atoms with Gasteiger partial charge < -0.3 is 36.1 Å². The van der Waals surface area contributed by atoms with Crippen LogP contribution < -0.4 is 26.0 Å². The highest BCUT2D eigenvalue weighted by molar-refractivity contribution is 6.24. The van der Waals surface area contributed by atoms with E-state index >= 15 is 4.79 Å². The Kier molecular flexibility index (Phi) is 11.5. The first-order valence-corrected chi connectivity index (χ1v) is 20.1. The fraction of sp³-hybridized carbons (Fsp3) is 0.229. The van der Waals surface area contributed by atoms with E-state index in [0.29, 0.717) is 28.0 Å². The predicted molar refractivity (Wildman–Crippen MR) is 226 cm³/mol. The number of hydrogen-bond acceptors (Lipinski definition) is 9. The molecular weight excluding hydrogens is 791 g/mol. The average molecular weight is 834 g/mol. The summed E-state index contributed by atoms with van der Waals surface area (Å²) in [6.07, 6.45) is -0.972. The van der Waals surface area contributed by atoms with Gasteiger partial charge in [-0.2, -0.15) is 0 Å². The second kappa shape index (κ2) is 17.3. The van der Waals surface area contributed by atoms with E-state index in [1.165, 1.54) is 6.07 Å². The number of amides is 5. The smallest absolute Gasteiger partial charge is 0.329 e. The highest BCUT2D eigenvalue weighted by Crippen LogP contribution is 2.66. The maximum absolute atomic E-state index is 16.1. The fourth-order valence-electron chi connectivity index (χ4n) is 9.26. The van der Waals surface area contributed by atoms with Gasteiger partial charge in [-0.05, 0) is 65.1 Å². The number of nitrogens with two attached hydrogens (primary N) is 1. The number of carbonyl (C=O) groups is 5. The zero-order valence-electron chi connectivity index (χ0n) is 33.5. The zero-order valence-corrected chi connectivity index (χ0v) is 33.5. The van der Waals surface area contributed by atoms with Crippen molar-refractivity contribution in [3.05, 3.63) is 167 Å². The van der Waals surface area contributed by atoms with E-state index < -0.39 is 71.5 Å². The zero-order chi connectivity index (χ0) is 43.5. The summed E-state index contributed by atoms with van der Waals surface area (Å²) in [5.41, 5.74) is 6.11. The number of carboxylic acid groups (broad SMARTS) is 1. The number of nitrogens with zero attached hydrogens (tertiary/aromatic N) is 2. The van der Waals surface area contributed by atoms with Crippen molar-refractivity contribution in [1.82, 2.24) is 15.5 Å². The SMILES string of the molecule is C[C@@H](NC(=O)N1C(=O)[C@@]2(c3cc(C#CCNC(N)=O)ccc31)[C@H](c1cccc(OCCO)c1)N1[C@H](c3ccccc3)[C@H](c3ccccc3)OC(=O)[C@H]1[C@@H]2C(=O)O)c1ccccc1. The van der Waals surface area contributed by atoms with Crippen LogP contribution in [-0.2, 0) is 24.5 Å². The van der Waals surface area contributed by atoms with Crippen LogP contribution in [0.5, 0.6) is 5.75 Å². The Labute approximate surface area is 357 Å². The summed E-state index contributed by atoms with van der Waals surface area (Å²) >= 11 is 0. The summed E-state index contributed by atoms with van der Waals surface area (Å²) in [7, 11) is 0. The number of primary amides is 1. The van der Waals surface area contributed by atoms with E-state index in [-0.39, 0.29) is 31.0 Å². The number of rotatable bonds is 10. The van der Waals surface area contributed by atoms with Crippen LogP contribution in [-0.4, -0.2) is 70.8 Å². The Morgan fingerprint density at radius 1 is 0.855 bits per heavy atom. The molecule has 3 aliphatic rings. The molecule has 14 heteroatoms. The molecule has 6 N–H and O–H groups in total. The second-order valence-corrected chi connectivity index (χ2v) is 15.2. The number of esters is 1. The first-order valence-electron chi connectivity index (χ1n) is 20.1. The third kappa shape index (κ3) is 7.27.